The number of carbonyl (C=O) groups is 1. The minimum Gasteiger partial charge on any atom is -0.486 e. The maximum atomic E-state index is 12.9. The Morgan fingerprint density at radius 3 is 2.41 bits per heavy atom. The van der Waals surface area contributed by atoms with Crippen molar-refractivity contribution in [3.05, 3.63) is 52.5 Å². The Morgan fingerprint density at radius 2 is 1.77 bits per heavy atom. The van der Waals surface area contributed by atoms with Gasteiger partial charge in [0.1, 0.15) is 13.2 Å². The number of hydrogen-bond acceptors (Lipinski definition) is 3. The van der Waals surface area contributed by atoms with Crippen molar-refractivity contribution in [1.29, 1.82) is 0 Å². The second-order valence-electron chi connectivity index (χ2n) is 4.86. The first kappa shape index (κ1) is 14.9. The topological polar surface area (TPSA) is 38.8 Å². The van der Waals surface area contributed by atoms with Crippen LogP contribution in [0.25, 0.3) is 0 Å². The zero-order valence-corrected chi connectivity index (χ0v) is 13.8. The Bertz CT molecular complexity index is 688. The second kappa shape index (κ2) is 6.40. The molecule has 0 N–H and O–H groups in total. The zero-order valence-electron chi connectivity index (χ0n) is 12.2. The second-order valence-corrected chi connectivity index (χ2v) is 5.72. The lowest BCUT2D eigenvalue weighted by Crippen LogP contribution is -2.31. The summed E-state index contributed by atoms with van der Waals surface area (Å²) in [7, 11) is 0. The van der Waals surface area contributed by atoms with E-state index in [0.29, 0.717) is 41.3 Å². The number of ether oxygens (including phenoxy) is 2. The van der Waals surface area contributed by atoms with Crippen molar-refractivity contribution in [3.8, 4) is 11.5 Å². The van der Waals surface area contributed by atoms with Gasteiger partial charge in [0.05, 0.1) is 5.56 Å². The van der Waals surface area contributed by atoms with E-state index in [1.54, 1.807) is 17.0 Å². The van der Waals surface area contributed by atoms with Crippen molar-refractivity contribution in [2.24, 2.45) is 0 Å². The molecule has 1 aliphatic rings. The highest BCUT2D eigenvalue weighted by Crippen LogP contribution is 2.36. The van der Waals surface area contributed by atoms with Gasteiger partial charge in [-0.2, -0.15) is 0 Å². The number of para-hydroxylation sites is 1. The highest BCUT2D eigenvalue weighted by Gasteiger charge is 2.22. The minimum atomic E-state index is -0.0717. The maximum Gasteiger partial charge on any atom is 0.259 e. The van der Waals surface area contributed by atoms with Crippen LogP contribution in [0.15, 0.2) is 46.9 Å². The first-order valence-electron chi connectivity index (χ1n) is 7.16. The van der Waals surface area contributed by atoms with Gasteiger partial charge in [0.25, 0.3) is 5.91 Å². The number of fused-ring (bicyclic) bond motifs is 1. The van der Waals surface area contributed by atoms with E-state index >= 15 is 0 Å². The Balaban J connectivity index is 1.97. The van der Waals surface area contributed by atoms with Gasteiger partial charge in [-0.15, -0.1) is 0 Å². The highest BCUT2D eigenvalue weighted by atomic mass is 79.9. The van der Waals surface area contributed by atoms with Gasteiger partial charge in [-0.25, -0.2) is 0 Å². The van der Waals surface area contributed by atoms with Crippen LogP contribution in [-0.4, -0.2) is 25.7 Å². The molecule has 0 fully saturated rings. The van der Waals surface area contributed by atoms with E-state index < -0.39 is 0 Å². The Kier molecular flexibility index (Phi) is 4.34. The lowest BCUT2D eigenvalue weighted by molar-refractivity contribution is 0.0986. The standard InChI is InChI=1S/C17H16BrNO3/c1-2-19(12-6-4-3-5-7-12)17(20)13-10-15-16(11-14(13)18)22-9-8-21-15/h3-7,10-11H,2,8-9H2,1H3. The van der Waals surface area contributed by atoms with Crippen LogP contribution in [0.3, 0.4) is 0 Å². The fraction of sp³-hybridized carbons (Fsp3) is 0.235. The third-order valence-corrected chi connectivity index (χ3v) is 4.15. The minimum absolute atomic E-state index is 0.0717. The van der Waals surface area contributed by atoms with Crippen LogP contribution in [0, 0.1) is 0 Å². The molecule has 2 aromatic carbocycles. The SMILES string of the molecule is CCN(C(=O)c1cc2c(cc1Br)OCCO2)c1ccccc1. The van der Waals surface area contributed by atoms with Crippen LogP contribution < -0.4 is 14.4 Å². The zero-order chi connectivity index (χ0) is 15.5. The molecule has 1 aliphatic heterocycles. The first-order chi connectivity index (χ1) is 10.7. The lowest BCUT2D eigenvalue weighted by atomic mass is 10.1. The van der Waals surface area contributed by atoms with Gasteiger partial charge in [0.2, 0.25) is 0 Å². The van der Waals surface area contributed by atoms with Crippen LogP contribution in [0.4, 0.5) is 5.69 Å². The summed E-state index contributed by atoms with van der Waals surface area (Å²) in [6, 6.07) is 13.2. The van der Waals surface area contributed by atoms with E-state index in [1.165, 1.54) is 0 Å². The number of carbonyl (C=O) groups excluding carboxylic acids is 1. The van der Waals surface area contributed by atoms with Crippen molar-refractivity contribution < 1.29 is 14.3 Å². The van der Waals surface area contributed by atoms with Gasteiger partial charge >= 0.3 is 0 Å². The summed E-state index contributed by atoms with van der Waals surface area (Å²) in [4.78, 5) is 14.6. The molecule has 0 radical (unpaired) electrons. The largest absolute Gasteiger partial charge is 0.486 e. The van der Waals surface area contributed by atoms with Gasteiger partial charge in [-0.05, 0) is 47.1 Å². The fourth-order valence-electron chi connectivity index (χ4n) is 2.42. The van der Waals surface area contributed by atoms with Crippen LogP contribution in [-0.2, 0) is 0 Å². The molecular weight excluding hydrogens is 346 g/mol. The molecule has 3 rings (SSSR count). The molecule has 0 saturated heterocycles. The molecule has 0 bridgehead atoms. The Morgan fingerprint density at radius 1 is 1.14 bits per heavy atom. The fourth-order valence-corrected chi connectivity index (χ4v) is 2.92. The summed E-state index contributed by atoms with van der Waals surface area (Å²) >= 11 is 3.46. The van der Waals surface area contributed by atoms with Crippen LogP contribution in [0.2, 0.25) is 0 Å². The quantitative estimate of drug-likeness (QED) is 0.832. The van der Waals surface area contributed by atoms with E-state index in [-0.39, 0.29) is 5.91 Å². The molecular formula is C17H16BrNO3. The summed E-state index contributed by atoms with van der Waals surface area (Å²) in [5.74, 6) is 1.21. The maximum absolute atomic E-state index is 12.9. The Hall–Kier alpha value is -2.01. The smallest absolute Gasteiger partial charge is 0.259 e. The van der Waals surface area contributed by atoms with E-state index in [9.17, 15) is 4.79 Å². The third-order valence-electron chi connectivity index (χ3n) is 3.49. The van der Waals surface area contributed by atoms with Crippen molar-refractivity contribution in [2.75, 3.05) is 24.7 Å². The number of rotatable bonds is 3. The predicted molar refractivity (Wildman–Crippen MR) is 88.9 cm³/mol. The van der Waals surface area contributed by atoms with Gasteiger partial charge in [-0.3, -0.25) is 4.79 Å². The lowest BCUT2D eigenvalue weighted by Gasteiger charge is -2.24. The van der Waals surface area contributed by atoms with Crippen LogP contribution in [0.5, 0.6) is 11.5 Å². The van der Waals surface area contributed by atoms with E-state index in [0.717, 1.165) is 5.69 Å². The molecule has 0 spiro atoms. The van der Waals surface area contributed by atoms with Crippen LogP contribution >= 0.6 is 15.9 Å². The molecule has 5 heteroatoms. The van der Waals surface area contributed by atoms with E-state index in [4.69, 9.17) is 9.47 Å². The van der Waals surface area contributed by atoms with Crippen molar-refractivity contribution in [2.45, 2.75) is 6.92 Å². The number of amides is 1. The third kappa shape index (κ3) is 2.81. The molecule has 0 saturated carbocycles. The van der Waals surface area contributed by atoms with Gasteiger partial charge in [0, 0.05) is 16.7 Å². The highest BCUT2D eigenvalue weighted by molar-refractivity contribution is 9.10. The number of hydrogen-bond donors (Lipinski definition) is 0. The summed E-state index contributed by atoms with van der Waals surface area (Å²) in [5, 5.41) is 0. The number of halogens is 1. The molecule has 4 nitrogen and oxygen atoms in total. The molecule has 0 aromatic heterocycles. The number of benzene rings is 2. The first-order valence-corrected chi connectivity index (χ1v) is 7.96. The summed E-state index contributed by atoms with van der Waals surface area (Å²) in [5.41, 5.74) is 1.44. The molecule has 2 aromatic rings. The van der Waals surface area contributed by atoms with E-state index in [1.807, 2.05) is 37.3 Å². The monoisotopic (exact) mass is 361 g/mol. The normalized spacial score (nSPS) is 12.8. The summed E-state index contributed by atoms with van der Waals surface area (Å²) < 4.78 is 11.8. The van der Waals surface area contributed by atoms with Gasteiger partial charge in [-0.1, -0.05) is 18.2 Å². The molecule has 1 heterocycles. The van der Waals surface area contributed by atoms with Crippen molar-refractivity contribution in [3.63, 3.8) is 0 Å². The van der Waals surface area contributed by atoms with Crippen molar-refractivity contribution >= 4 is 27.5 Å². The van der Waals surface area contributed by atoms with Gasteiger partial charge in [0.15, 0.2) is 11.5 Å². The number of nitrogens with zero attached hydrogens (tertiary/aromatic N) is 1. The summed E-state index contributed by atoms with van der Waals surface area (Å²) in [6.07, 6.45) is 0. The predicted octanol–water partition coefficient (Wildman–Crippen LogP) is 3.89. The molecule has 114 valence electrons. The van der Waals surface area contributed by atoms with E-state index in [2.05, 4.69) is 15.9 Å². The van der Waals surface area contributed by atoms with Crippen molar-refractivity contribution in [1.82, 2.24) is 0 Å². The number of anilines is 1. The molecule has 0 aliphatic carbocycles. The van der Waals surface area contributed by atoms with Gasteiger partial charge < -0.3 is 14.4 Å². The molecule has 22 heavy (non-hydrogen) atoms. The summed E-state index contributed by atoms with van der Waals surface area (Å²) in [6.45, 7) is 3.57. The molecule has 0 atom stereocenters. The Labute approximate surface area is 137 Å². The molecule has 1 amide bonds. The van der Waals surface area contributed by atoms with Crippen LogP contribution in [0.1, 0.15) is 17.3 Å². The molecule has 0 unspecified atom stereocenters. The average molecular weight is 362 g/mol. The average Bonchev–Trinajstić information content (AvgIpc) is 2.55.